The number of alkyl halides is 3. The molecule has 0 radical (unpaired) electrons. The van der Waals surface area contributed by atoms with Gasteiger partial charge >= 0.3 is 6.36 Å². The molecular weight excluding hydrogens is 437 g/mol. The highest BCUT2D eigenvalue weighted by molar-refractivity contribution is 5.87. The van der Waals surface area contributed by atoms with Crippen LogP contribution >= 0.6 is 0 Å². The summed E-state index contributed by atoms with van der Waals surface area (Å²) < 4.78 is 48.8. The molecule has 0 saturated carbocycles. The van der Waals surface area contributed by atoms with Gasteiger partial charge in [0.2, 0.25) is 0 Å². The summed E-state index contributed by atoms with van der Waals surface area (Å²) in [6.45, 7) is 4.75. The third-order valence-corrected chi connectivity index (χ3v) is 5.81. The van der Waals surface area contributed by atoms with Gasteiger partial charge in [-0.1, -0.05) is 12.1 Å². The second kappa shape index (κ2) is 9.01. The Morgan fingerprint density at radius 1 is 1.21 bits per heavy atom. The summed E-state index contributed by atoms with van der Waals surface area (Å²) in [6, 6.07) is 7.26. The van der Waals surface area contributed by atoms with Crippen LogP contribution in [-0.4, -0.2) is 34.1 Å². The highest BCUT2D eigenvalue weighted by atomic mass is 19.4. The van der Waals surface area contributed by atoms with Gasteiger partial charge in [-0.25, -0.2) is 9.97 Å². The molecule has 4 rings (SSSR count). The summed E-state index contributed by atoms with van der Waals surface area (Å²) >= 11 is 0. The molecule has 1 atom stereocenters. The van der Waals surface area contributed by atoms with Crippen LogP contribution in [0.5, 0.6) is 5.75 Å². The lowest BCUT2D eigenvalue weighted by atomic mass is 9.92. The van der Waals surface area contributed by atoms with Gasteiger partial charge < -0.3 is 14.8 Å². The quantitative estimate of drug-likeness (QED) is 0.597. The van der Waals surface area contributed by atoms with Gasteiger partial charge in [0.25, 0.3) is 5.56 Å². The second-order valence-corrected chi connectivity index (χ2v) is 8.19. The van der Waals surface area contributed by atoms with Crippen LogP contribution < -0.4 is 15.6 Å². The number of anilines is 1. The van der Waals surface area contributed by atoms with E-state index in [4.69, 9.17) is 4.74 Å². The highest BCUT2D eigenvalue weighted by Gasteiger charge is 2.31. The van der Waals surface area contributed by atoms with Crippen LogP contribution in [0, 0.1) is 6.92 Å². The van der Waals surface area contributed by atoms with Crippen LogP contribution in [-0.2, 0) is 11.8 Å². The maximum Gasteiger partial charge on any atom is 0.573 e. The first-order valence-electron chi connectivity index (χ1n) is 10.7. The number of hydrogen-bond acceptors (Lipinski definition) is 6. The Kier molecular flexibility index (Phi) is 6.29. The number of pyridine rings is 1. The Labute approximate surface area is 188 Å². The number of aromatic nitrogens is 3. The fourth-order valence-electron chi connectivity index (χ4n) is 4.14. The summed E-state index contributed by atoms with van der Waals surface area (Å²) in [5.74, 6) is 0.780. The molecule has 0 spiro atoms. The SMILES string of the molecule is Cc1nc(N[C@H](C)c2cccc(OC(F)(F)F)c2)c2cc(C3CCOCC3)c(=O)n(C)c2n1. The molecule has 10 heteroatoms. The summed E-state index contributed by atoms with van der Waals surface area (Å²) in [6.07, 6.45) is -3.24. The molecule has 2 aromatic heterocycles. The van der Waals surface area contributed by atoms with E-state index in [1.165, 1.54) is 22.8 Å². The molecule has 1 aromatic carbocycles. The van der Waals surface area contributed by atoms with Gasteiger partial charge in [0.15, 0.2) is 0 Å². The molecule has 0 bridgehead atoms. The van der Waals surface area contributed by atoms with Gasteiger partial charge in [-0.2, -0.15) is 0 Å². The molecular formula is C23H25F3N4O3. The van der Waals surface area contributed by atoms with Crippen LogP contribution in [0.25, 0.3) is 11.0 Å². The van der Waals surface area contributed by atoms with E-state index < -0.39 is 6.36 Å². The standard InChI is InChI=1S/C23H25F3N4O3/c1-13(16-5-4-6-17(11-16)33-23(24,25)26)27-20-19-12-18(15-7-9-32-10-8-15)22(31)30(3)21(19)29-14(2)28-20/h4-6,11-13,15H,7-10H2,1-3H3,(H,27,28,29)/t13-/m1/s1. The lowest BCUT2D eigenvalue weighted by Crippen LogP contribution is -2.27. The number of halogens is 3. The van der Waals surface area contributed by atoms with Crippen molar-refractivity contribution in [2.45, 2.75) is 45.0 Å². The predicted molar refractivity (Wildman–Crippen MR) is 117 cm³/mol. The van der Waals surface area contributed by atoms with Gasteiger partial charge in [-0.15, -0.1) is 13.2 Å². The van der Waals surface area contributed by atoms with Crippen LogP contribution in [0.1, 0.15) is 48.7 Å². The lowest BCUT2D eigenvalue weighted by Gasteiger charge is -2.23. The smallest absolute Gasteiger partial charge is 0.406 e. The molecule has 3 heterocycles. The Morgan fingerprint density at radius 2 is 1.94 bits per heavy atom. The minimum atomic E-state index is -4.76. The van der Waals surface area contributed by atoms with E-state index in [1.54, 1.807) is 20.0 Å². The van der Waals surface area contributed by atoms with Crippen LogP contribution in [0.15, 0.2) is 35.1 Å². The molecule has 1 aliphatic heterocycles. The second-order valence-electron chi connectivity index (χ2n) is 8.19. The van der Waals surface area contributed by atoms with E-state index in [-0.39, 0.29) is 23.3 Å². The first-order chi connectivity index (χ1) is 15.6. The highest BCUT2D eigenvalue weighted by Crippen LogP contribution is 2.31. The van der Waals surface area contributed by atoms with E-state index in [2.05, 4.69) is 20.0 Å². The van der Waals surface area contributed by atoms with Gasteiger partial charge in [0.05, 0.1) is 11.4 Å². The fourth-order valence-corrected chi connectivity index (χ4v) is 4.14. The van der Waals surface area contributed by atoms with E-state index in [9.17, 15) is 18.0 Å². The Morgan fingerprint density at radius 3 is 2.64 bits per heavy atom. The van der Waals surface area contributed by atoms with Crippen molar-refractivity contribution in [2.75, 3.05) is 18.5 Å². The Hall–Kier alpha value is -3.14. The Balaban J connectivity index is 1.72. The minimum absolute atomic E-state index is 0.0876. The monoisotopic (exact) mass is 462 g/mol. The largest absolute Gasteiger partial charge is 0.573 e. The zero-order valence-corrected chi connectivity index (χ0v) is 18.6. The van der Waals surface area contributed by atoms with Crippen LogP contribution in [0.4, 0.5) is 19.0 Å². The fraction of sp³-hybridized carbons (Fsp3) is 0.435. The minimum Gasteiger partial charge on any atom is -0.406 e. The van der Waals surface area contributed by atoms with E-state index in [0.717, 1.165) is 12.8 Å². The molecule has 0 amide bonds. The molecule has 1 saturated heterocycles. The first kappa shape index (κ1) is 23.0. The van der Waals surface area contributed by atoms with Crippen molar-refractivity contribution in [1.29, 1.82) is 0 Å². The third-order valence-electron chi connectivity index (χ3n) is 5.81. The number of hydrogen-bond donors (Lipinski definition) is 1. The zero-order valence-electron chi connectivity index (χ0n) is 18.6. The maximum atomic E-state index is 13.0. The van der Waals surface area contributed by atoms with Crippen molar-refractivity contribution in [3.63, 3.8) is 0 Å². The lowest BCUT2D eigenvalue weighted by molar-refractivity contribution is -0.274. The van der Waals surface area contributed by atoms with Crippen molar-refractivity contribution in [2.24, 2.45) is 7.05 Å². The van der Waals surface area contributed by atoms with E-state index in [1.807, 2.05) is 13.0 Å². The topological polar surface area (TPSA) is 78.3 Å². The normalized spacial score (nSPS) is 16.1. The van der Waals surface area contributed by atoms with Crippen molar-refractivity contribution in [3.8, 4) is 5.75 Å². The zero-order chi connectivity index (χ0) is 23.8. The average Bonchev–Trinajstić information content (AvgIpc) is 2.76. The third kappa shape index (κ3) is 5.11. The maximum absolute atomic E-state index is 13.0. The van der Waals surface area contributed by atoms with Crippen molar-refractivity contribution in [3.05, 3.63) is 57.6 Å². The molecule has 7 nitrogen and oxygen atoms in total. The van der Waals surface area contributed by atoms with Crippen molar-refractivity contribution >= 4 is 16.9 Å². The van der Waals surface area contributed by atoms with Gasteiger partial charge in [0, 0.05) is 25.8 Å². The van der Waals surface area contributed by atoms with E-state index >= 15 is 0 Å². The van der Waals surface area contributed by atoms with E-state index in [0.29, 0.717) is 47.0 Å². The number of nitrogens with zero attached hydrogens (tertiary/aromatic N) is 3. The van der Waals surface area contributed by atoms with Crippen LogP contribution in [0.3, 0.4) is 0 Å². The summed E-state index contributed by atoms with van der Waals surface area (Å²) in [5, 5.41) is 3.96. The van der Waals surface area contributed by atoms with Crippen molar-refractivity contribution < 1.29 is 22.6 Å². The average molecular weight is 462 g/mol. The molecule has 1 fully saturated rings. The number of aryl methyl sites for hydroxylation is 2. The number of ether oxygens (including phenoxy) is 2. The molecule has 1 aliphatic rings. The van der Waals surface area contributed by atoms with Gasteiger partial charge in [-0.05, 0) is 56.4 Å². The van der Waals surface area contributed by atoms with Crippen molar-refractivity contribution in [1.82, 2.24) is 14.5 Å². The number of nitrogens with one attached hydrogen (secondary N) is 1. The number of fused-ring (bicyclic) bond motifs is 1. The number of rotatable bonds is 5. The molecule has 0 unspecified atom stereocenters. The van der Waals surface area contributed by atoms with Crippen LogP contribution in [0.2, 0.25) is 0 Å². The van der Waals surface area contributed by atoms with Gasteiger partial charge in [0.1, 0.15) is 23.0 Å². The molecule has 176 valence electrons. The predicted octanol–water partition coefficient (Wildman–Crippen LogP) is 4.60. The molecule has 0 aliphatic carbocycles. The van der Waals surface area contributed by atoms with Gasteiger partial charge in [-0.3, -0.25) is 9.36 Å². The number of benzene rings is 1. The molecule has 1 N–H and O–H groups in total. The molecule has 33 heavy (non-hydrogen) atoms. The summed E-state index contributed by atoms with van der Waals surface area (Å²) in [7, 11) is 1.69. The Bertz CT molecular complexity index is 1220. The summed E-state index contributed by atoms with van der Waals surface area (Å²) in [5.41, 5.74) is 1.68. The summed E-state index contributed by atoms with van der Waals surface area (Å²) in [4.78, 5) is 22.0. The molecule has 3 aromatic rings. The first-order valence-corrected chi connectivity index (χ1v) is 10.7.